The second-order valence-electron chi connectivity index (χ2n) is 7.17. The van der Waals surface area contributed by atoms with Gasteiger partial charge in [-0.25, -0.2) is 4.39 Å². The van der Waals surface area contributed by atoms with Gasteiger partial charge in [0.25, 0.3) is 0 Å². The molecule has 1 saturated heterocycles. The highest BCUT2D eigenvalue weighted by atomic mass is 19.1. The van der Waals surface area contributed by atoms with Crippen molar-refractivity contribution in [1.82, 2.24) is 9.88 Å². The van der Waals surface area contributed by atoms with E-state index in [0.717, 1.165) is 17.5 Å². The average molecular weight is 354 g/mol. The van der Waals surface area contributed by atoms with E-state index < -0.39 is 0 Å². The maximum absolute atomic E-state index is 13.4. The largest absolute Gasteiger partial charge is 0.371 e. The van der Waals surface area contributed by atoms with Gasteiger partial charge in [-0.05, 0) is 54.5 Å². The van der Waals surface area contributed by atoms with Gasteiger partial charge >= 0.3 is 0 Å². The van der Waals surface area contributed by atoms with Crippen LogP contribution in [0.4, 0.5) is 4.39 Å². The van der Waals surface area contributed by atoms with Crippen molar-refractivity contribution in [3.05, 3.63) is 65.7 Å². The molecule has 1 aliphatic heterocycles. The molecule has 2 aromatic rings. The van der Waals surface area contributed by atoms with E-state index in [1.165, 1.54) is 25.0 Å². The summed E-state index contributed by atoms with van der Waals surface area (Å²) in [6.07, 6.45) is 7.00. The molecule has 1 aromatic heterocycles. The van der Waals surface area contributed by atoms with Crippen LogP contribution in [0.5, 0.6) is 0 Å². The number of benzene rings is 1. The zero-order valence-corrected chi connectivity index (χ0v) is 14.7. The van der Waals surface area contributed by atoms with Crippen molar-refractivity contribution in [2.45, 2.75) is 37.8 Å². The molecule has 26 heavy (non-hydrogen) atoms. The van der Waals surface area contributed by atoms with Crippen molar-refractivity contribution in [2.24, 2.45) is 5.92 Å². The van der Waals surface area contributed by atoms with E-state index in [2.05, 4.69) is 4.98 Å². The van der Waals surface area contributed by atoms with Crippen LogP contribution in [0.3, 0.4) is 0 Å². The first-order valence-electron chi connectivity index (χ1n) is 9.29. The Bertz CT molecular complexity index is 746. The summed E-state index contributed by atoms with van der Waals surface area (Å²) >= 11 is 0. The fraction of sp³-hybridized carbons (Fsp3) is 0.429. The Morgan fingerprint density at radius 3 is 2.62 bits per heavy atom. The van der Waals surface area contributed by atoms with Gasteiger partial charge in [0.05, 0.1) is 12.6 Å². The van der Waals surface area contributed by atoms with Gasteiger partial charge < -0.3 is 9.64 Å². The molecule has 4 rings (SSSR count). The van der Waals surface area contributed by atoms with Gasteiger partial charge in [-0.2, -0.15) is 0 Å². The molecule has 0 bridgehead atoms. The number of rotatable bonds is 7. The molecule has 0 N–H and O–H groups in total. The minimum Gasteiger partial charge on any atom is -0.371 e. The molecule has 2 heterocycles. The van der Waals surface area contributed by atoms with E-state index in [9.17, 15) is 9.18 Å². The molecule has 1 saturated carbocycles. The molecule has 0 radical (unpaired) electrons. The lowest BCUT2D eigenvalue weighted by Crippen LogP contribution is -2.35. The Hall–Kier alpha value is -2.27. The maximum atomic E-state index is 13.4. The first kappa shape index (κ1) is 17.2. The molecule has 2 aliphatic rings. The molecule has 1 amide bonds. The minimum absolute atomic E-state index is 0.140. The SMILES string of the molecule is O=C1CCCN1[C@@H](c1cccnc1)C(OCC1CC1)c1ccc(F)cc1. The van der Waals surface area contributed by atoms with Crippen molar-refractivity contribution >= 4 is 5.91 Å². The number of amides is 1. The van der Waals surface area contributed by atoms with Crippen molar-refractivity contribution in [1.29, 1.82) is 0 Å². The van der Waals surface area contributed by atoms with Gasteiger partial charge in [0.2, 0.25) is 5.91 Å². The third-order valence-electron chi connectivity index (χ3n) is 5.17. The van der Waals surface area contributed by atoms with Gasteiger partial charge in [0.15, 0.2) is 0 Å². The summed E-state index contributed by atoms with van der Waals surface area (Å²) in [7, 11) is 0. The van der Waals surface area contributed by atoms with Crippen LogP contribution in [0.25, 0.3) is 0 Å². The number of halogens is 1. The highest BCUT2D eigenvalue weighted by molar-refractivity contribution is 5.78. The van der Waals surface area contributed by atoms with E-state index in [4.69, 9.17) is 4.74 Å². The number of carbonyl (C=O) groups excluding carboxylic acids is 1. The minimum atomic E-state index is -0.331. The Labute approximate surface area is 153 Å². The lowest BCUT2D eigenvalue weighted by molar-refractivity contribution is -0.133. The Morgan fingerprint density at radius 2 is 2.00 bits per heavy atom. The summed E-state index contributed by atoms with van der Waals surface area (Å²) in [5.74, 6) is 0.465. The molecular formula is C21H23FN2O2. The maximum Gasteiger partial charge on any atom is 0.223 e. The lowest BCUT2D eigenvalue weighted by Gasteiger charge is -2.35. The fourth-order valence-corrected chi connectivity index (χ4v) is 3.58. The molecule has 0 spiro atoms. The zero-order chi connectivity index (χ0) is 17.9. The van der Waals surface area contributed by atoms with Crippen molar-refractivity contribution < 1.29 is 13.9 Å². The topological polar surface area (TPSA) is 42.4 Å². The van der Waals surface area contributed by atoms with Gasteiger partial charge in [-0.1, -0.05) is 18.2 Å². The first-order valence-corrected chi connectivity index (χ1v) is 9.29. The highest BCUT2D eigenvalue weighted by Crippen LogP contribution is 2.41. The van der Waals surface area contributed by atoms with Gasteiger partial charge in [-0.15, -0.1) is 0 Å². The van der Waals surface area contributed by atoms with Crippen LogP contribution in [0.1, 0.15) is 49.0 Å². The second kappa shape index (κ2) is 7.54. The number of ether oxygens (including phenoxy) is 1. The summed E-state index contributed by atoms with van der Waals surface area (Å²) in [6.45, 7) is 1.38. The molecule has 2 fully saturated rings. The third-order valence-corrected chi connectivity index (χ3v) is 5.17. The molecule has 1 unspecified atom stereocenters. The van der Waals surface area contributed by atoms with Crippen LogP contribution < -0.4 is 0 Å². The van der Waals surface area contributed by atoms with E-state index in [-0.39, 0.29) is 23.9 Å². The number of carbonyl (C=O) groups is 1. The summed E-state index contributed by atoms with van der Waals surface area (Å²) in [4.78, 5) is 18.7. The van der Waals surface area contributed by atoms with Crippen molar-refractivity contribution in [2.75, 3.05) is 13.2 Å². The normalized spacial score (nSPS) is 19.6. The number of aromatic nitrogens is 1. The Morgan fingerprint density at radius 1 is 1.19 bits per heavy atom. The predicted octanol–water partition coefficient (Wildman–Crippen LogP) is 4.05. The zero-order valence-electron chi connectivity index (χ0n) is 14.7. The van der Waals surface area contributed by atoms with E-state index in [0.29, 0.717) is 25.5 Å². The van der Waals surface area contributed by atoms with E-state index >= 15 is 0 Å². The molecule has 5 heteroatoms. The number of hydrogen-bond acceptors (Lipinski definition) is 3. The summed E-state index contributed by atoms with van der Waals surface area (Å²) < 4.78 is 19.8. The standard InChI is InChI=1S/C21H23FN2O2/c22-18-9-7-16(8-10-18)21(26-14-15-5-6-15)20(17-3-1-11-23-13-17)24-12-2-4-19(24)25/h1,3,7-11,13,15,20-21H,2,4-6,12,14H2/t20-,21?/m0/s1. The molecule has 1 aliphatic carbocycles. The monoisotopic (exact) mass is 354 g/mol. The van der Waals surface area contributed by atoms with Crippen LogP contribution in [-0.2, 0) is 9.53 Å². The van der Waals surface area contributed by atoms with E-state index in [1.54, 1.807) is 24.5 Å². The molecule has 4 nitrogen and oxygen atoms in total. The summed E-state index contributed by atoms with van der Waals surface area (Å²) in [5.41, 5.74) is 1.84. The fourth-order valence-electron chi connectivity index (χ4n) is 3.58. The summed E-state index contributed by atoms with van der Waals surface area (Å²) in [5, 5.41) is 0. The second-order valence-corrected chi connectivity index (χ2v) is 7.17. The van der Waals surface area contributed by atoms with Crippen LogP contribution in [-0.4, -0.2) is 28.9 Å². The van der Waals surface area contributed by atoms with Gasteiger partial charge in [-0.3, -0.25) is 9.78 Å². The van der Waals surface area contributed by atoms with Crippen molar-refractivity contribution in [3.63, 3.8) is 0 Å². The summed E-state index contributed by atoms with van der Waals surface area (Å²) in [6, 6.07) is 10.0. The van der Waals surface area contributed by atoms with E-state index in [1.807, 2.05) is 17.0 Å². The van der Waals surface area contributed by atoms with Crippen LogP contribution in [0.2, 0.25) is 0 Å². The number of nitrogens with zero attached hydrogens (tertiary/aromatic N) is 2. The van der Waals surface area contributed by atoms with Crippen molar-refractivity contribution in [3.8, 4) is 0 Å². The van der Waals surface area contributed by atoms with Crippen LogP contribution >= 0.6 is 0 Å². The molecule has 1 aromatic carbocycles. The lowest BCUT2D eigenvalue weighted by atomic mass is 9.95. The highest BCUT2D eigenvalue weighted by Gasteiger charge is 2.37. The van der Waals surface area contributed by atoms with Gasteiger partial charge in [0, 0.05) is 25.4 Å². The molecule has 2 atom stereocenters. The molecule has 136 valence electrons. The Balaban J connectivity index is 1.71. The predicted molar refractivity (Wildman–Crippen MR) is 95.7 cm³/mol. The van der Waals surface area contributed by atoms with Crippen LogP contribution in [0, 0.1) is 11.7 Å². The van der Waals surface area contributed by atoms with Crippen LogP contribution in [0.15, 0.2) is 48.8 Å². The average Bonchev–Trinajstić information content (AvgIpc) is 3.41. The number of likely N-dealkylation sites (tertiary alicyclic amines) is 1. The third kappa shape index (κ3) is 3.78. The smallest absolute Gasteiger partial charge is 0.223 e. The quantitative estimate of drug-likeness (QED) is 0.753. The van der Waals surface area contributed by atoms with Gasteiger partial charge in [0.1, 0.15) is 11.9 Å². The number of hydrogen-bond donors (Lipinski definition) is 0. The first-order chi connectivity index (χ1) is 12.7. The molecular weight excluding hydrogens is 331 g/mol. The Kier molecular flexibility index (Phi) is 4.98. The number of pyridine rings is 1.